The summed E-state index contributed by atoms with van der Waals surface area (Å²) in [7, 11) is 1.60. The van der Waals surface area contributed by atoms with Crippen molar-refractivity contribution in [3.05, 3.63) is 33.6 Å². The maximum absolute atomic E-state index is 12.9. The highest BCUT2D eigenvalue weighted by molar-refractivity contribution is 5.78. The van der Waals surface area contributed by atoms with Gasteiger partial charge in [0, 0.05) is 7.05 Å². The van der Waals surface area contributed by atoms with Crippen LogP contribution in [0.5, 0.6) is 0 Å². The highest BCUT2D eigenvalue weighted by atomic mass is 16.7. The Morgan fingerprint density at radius 3 is 2.64 bits per heavy atom. The molecule has 0 amide bonds. The van der Waals surface area contributed by atoms with Crippen molar-refractivity contribution in [3.8, 4) is 11.5 Å². The number of aliphatic hydroxyl groups excluding tert-OH is 2. The lowest BCUT2D eigenvalue weighted by molar-refractivity contribution is 0.000328. The quantitative estimate of drug-likeness (QED) is 0.601. The van der Waals surface area contributed by atoms with Crippen molar-refractivity contribution in [3.63, 3.8) is 0 Å². The predicted molar refractivity (Wildman–Crippen MR) is 87.8 cm³/mol. The van der Waals surface area contributed by atoms with Gasteiger partial charge in [0.25, 0.3) is 0 Å². The molecule has 0 fully saturated rings. The van der Waals surface area contributed by atoms with E-state index in [4.69, 9.17) is 9.94 Å². The van der Waals surface area contributed by atoms with Gasteiger partial charge in [-0.2, -0.15) is 0 Å². The fourth-order valence-electron chi connectivity index (χ4n) is 2.33. The first-order chi connectivity index (χ1) is 11.9. The smallest absolute Gasteiger partial charge is 0.313 e. The minimum atomic E-state index is -1.11. The van der Waals surface area contributed by atoms with Gasteiger partial charge in [0.05, 0.1) is 12.1 Å². The average Bonchev–Trinajstić information content (AvgIpc) is 3.01. The Labute approximate surface area is 142 Å². The molecule has 1 aromatic carbocycles. The topological polar surface area (TPSA) is 128 Å². The number of hydrogen-bond donors (Lipinski definition) is 2. The number of fused-ring (bicyclic) bond motifs is 1. The molecule has 3 aromatic rings. The Kier molecular flexibility index (Phi) is 4.47. The van der Waals surface area contributed by atoms with Crippen molar-refractivity contribution >= 4 is 11.0 Å². The third-order valence-electron chi connectivity index (χ3n) is 3.87. The second-order valence-electron chi connectivity index (χ2n) is 5.74. The summed E-state index contributed by atoms with van der Waals surface area (Å²) in [6.07, 6.45) is -1.11. The van der Waals surface area contributed by atoms with Gasteiger partial charge in [-0.1, -0.05) is 0 Å². The Bertz CT molecular complexity index is 980. The van der Waals surface area contributed by atoms with Crippen molar-refractivity contribution in [1.82, 2.24) is 29.9 Å². The van der Waals surface area contributed by atoms with E-state index in [1.54, 1.807) is 13.1 Å². The molecule has 0 spiro atoms. The summed E-state index contributed by atoms with van der Waals surface area (Å²) in [5.74, 6) is 0.199. The molecule has 0 saturated carbocycles. The molecule has 10 heteroatoms. The molecule has 0 aliphatic rings. The molecule has 3 rings (SSSR count). The second kappa shape index (κ2) is 6.57. The molecule has 0 bridgehead atoms. The van der Waals surface area contributed by atoms with E-state index in [0.717, 1.165) is 15.9 Å². The molecule has 1 atom stereocenters. The number of hydrogen-bond acceptors (Lipinski definition) is 8. The van der Waals surface area contributed by atoms with Crippen molar-refractivity contribution in [2.24, 2.45) is 7.05 Å². The van der Waals surface area contributed by atoms with Crippen molar-refractivity contribution < 1.29 is 15.1 Å². The predicted octanol–water partition coefficient (Wildman–Crippen LogP) is -1.01. The number of aromatic nitrogens is 6. The Morgan fingerprint density at radius 2 is 2.00 bits per heavy atom. The van der Waals surface area contributed by atoms with E-state index in [2.05, 4.69) is 20.5 Å². The fraction of sp³-hybridized carbons (Fsp3) is 0.400. The zero-order valence-corrected chi connectivity index (χ0v) is 14.0. The summed E-state index contributed by atoms with van der Waals surface area (Å²) in [6, 6.07) is 3.61. The SMILES string of the molecule is Cc1cc2nc(-c3nnnn3C)c(=O)n(OCC(O)CO)c2cc1C. The Hall–Kier alpha value is -2.85. The molecular formula is C15H18N6O4. The molecule has 0 aliphatic heterocycles. The fourth-order valence-corrected chi connectivity index (χ4v) is 2.33. The lowest BCUT2D eigenvalue weighted by Gasteiger charge is -2.15. The first-order valence-electron chi connectivity index (χ1n) is 7.61. The molecular weight excluding hydrogens is 328 g/mol. The lowest BCUT2D eigenvalue weighted by Crippen LogP contribution is -2.35. The van der Waals surface area contributed by atoms with E-state index in [0.29, 0.717) is 11.0 Å². The number of rotatable bonds is 5. The molecule has 1 unspecified atom stereocenters. The molecule has 0 aliphatic carbocycles. The van der Waals surface area contributed by atoms with Crippen LogP contribution in [0.25, 0.3) is 22.6 Å². The van der Waals surface area contributed by atoms with E-state index in [1.807, 2.05) is 19.9 Å². The summed E-state index contributed by atoms with van der Waals surface area (Å²) in [5, 5.41) is 29.6. The maximum atomic E-state index is 12.9. The maximum Gasteiger partial charge on any atom is 0.313 e. The third kappa shape index (κ3) is 3.08. The Balaban J connectivity index is 2.25. The zero-order chi connectivity index (χ0) is 18.1. The van der Waals surface area contributed by atoms with Gasteiger partial charge in [-0.05, 0) is 47.5 Å². The van der Waals surface area contributed by atoms with E-state index < -0.39 is 18.3 Å². The molecule has 2 heterocycles. The normalized spacial score (nSPS) is 12.5. The minimum Gasteiger partial charge on any atom is -0.407 e. The van der Waals surface area contributed by atoms with E-state index in [9.17, 15) is 9.90 Å². The van der Waals surface area contributed by atoms with Gasteiger partial charge < -0.3 is 15.1 Å². The summed E-state index contributed by atoms with van der Waals surface area (Å²) < 4.78 is 2.39. The van der Waals surface area contributed by atoms with Crippen LogP contribution in [0.2, 0.25) is 0 Å². The number of aryl methyl sites for hydroxylation is 3. The van der Waals surface area contributed by atoms with Crippen LogP contribution >= 0.6 is 0 Å². The number of nitrogens with zero attached hydrogens (tertiary/aromatic N) is 6. The number of aliphatic hydroxyl groups is 2. The Morgan fingerprint density at radius 1 is 1.28 bits per heavy atom. The summed E-state index contributed by atoms with van der Waals surface area (Å²) in [4.78, 5) is 22.7. The summed E-state index contributed by atoms with van der Waals surface area (Å²) in [6.45, 7) is 3.12. The van der Waals surface area contributed by atoms with E-state index >= 15 is 0 Å². The van der Waals surface area contributed by atoms with E-state index in [1.165, 1.54) is 4.68 Å². The molecule has 0 radical (unpaired) electrons. The number of benzene rings is 1. The van der Waals surface area contributed by atoms with Gasteiger partial charge in [0.2, 0.25) is 5.82 Å². The van der Waals surface area contributed by atoms with Crippen LogP contribution in [0.4, 0.5) is 0 Å². The highest BCUT2D eigenvalue weighted by Gasteiger charge is 2.19. The first kappa shape index (κ1) is 17.0. The van der Waals surface area contributed by atoms with Gasteiger partial charge in [-0.3, -0.25) is 4.79 Å². The van der Waals surface area contributed by atoms with Gasteiger partial charge in [-0.15, -0.1) is 9.83 Å². The minimum absolute atomic E-state index is 0.0294. The van der Waals surface area contributed by atoms with Crippen LogP contribution in [0.1, 0.15) is 11.1 Å². The van der Waals surface area contributed by atoms with Gasteiger partial charge in [-0.25, -0.2) is 9.67 Å². The van der Waals surface area contributed by atoms with E-state index in [-0.39, 0.29) is 18.1 Å². The summed E-state index contributed by atoms with van der Waals surface area (Å²) >= 11 is 0. The van der Waals surface area contributed by atoms with Crippen LogP contribution < -0.4 is 10.4 Å². The standard InChI is InChI=1S/C15H18N6O4/c1-8-4-11-12(5-9(8)2)21(25-7-10(23)6-22)15(24)13(16-11)14-17-18-19-20(14)3/h4-5,10,22-23H,6-7H2,1-3H3. The summed E-state index contributed by atoms with van der Waals surface area (Å²) in [5.41, 5.74) is 2.42. The molecule has 0 saturated heterocycles. The molecule has 25 heavy (non-hydrogen) atoms. The second-order valence-corrected chi connectivity index (χ2v) is 5.74. The number of tetrazole rings is 1. The van der Waals surface area contributed by atoms with Crippen LogP contribution in [0.3, 0.4) is 0 Å². The molecule has 2 aromatic heterocycles. The van der Waals surface area contributed by atoms with Crippen LogP contribution in [0, 0.1) is 13.8 Å². The first-order valence-corrected chi connectivity index (χ1v) is 7.61. The van der Waals surface area contributed by atoms with Crippen molar-refractivity contribution in [2.75, 3.05) is 13.2 Å². The third-order valence-corrected chi connectivity index (χ3v) is 3.87. The lowest BCUT2D eigenvalue weighted by atomic mass is 10.1. The van der Waals surface area contributed by atoms with Crippen LogP contribution in [-0.4, -0.2) is 59.5 Å². The van der Waals surface area contributed by atoms with Crippen LogP contribution in [0.15, 0.2) is 16.9 Å². The van der Waals surface area contributed by atoms with Gasteiger partial charge in [0.1, 0.15) is 18.2 Å². The van der Waals surface area contributed by atoms with Crippen LogP contribution in [-0.2, 0) is 7.05 Å². The zero-order valence-electron chi connectivity index (χ0n) is 14.0. The molecule has 10 nitrogen and oxygen atoms in total. The average molecular weight is 346 g/mol. The van der Waals surface area contributed by atoms with Crippen molar-refractivity contribution in [2.45, 2.75) is 20.0 Å². The van der Waals surface area contributed by atoms with Gasteiger partial charge >= 0.3 is 5.56 Å². The van der Waals surface area contributed by atoms with Gasteiger partial charge in [0.15, 0.2) is 5.69 Å². The largest absolute Gasteiger partial charge is 0.407 e. The highest BCUT2D eigenvalue weighted by Crippen LogP contribution is 2.19. The molecule has 2 N–H and O–H groups in total. The van der Waals surface area contributed by atoms with Crippen molar-refractivity contribution in [1.29, 1.82) is 0 Å². The monoisotopic (exact) mass is 346 g/mol. The molecule has 132 valence electrons.